The number of nitrogens with zero attached hydrogens (tertiary/aromatic N) is 1. The third kappa shape index (κ3) is 4.16. The Morgan fingerprint density at radius 2 is 1.96 bits per heavy atom. The largest absolute Gasteiger partial charge is 0.458 e. The predicted octanol–water partition coefficient (Wildman–Crippen LogP) is 3.17. The van der Waals surface area contributed by atoms with Gasteiger partial charge in [-0.25, -0.2) is 18.1 Å². The van der Waals surface area contributed by atoms with Crippen molar-refractivity contribution in [1.29, 1.82) is 0 Å². The maximum Gasteiger partial charge on any atom is 0.251 e. The van der Waals surface area contributed by atoms with Gasteiger partial charge in [-0.05, 0) is 63.2 Å². The van der Waals surface area contributed by atoms with E-state index in [0.29, 0.717) is 17.1 Å². The number of hydrogen-bond acceptors (Lipinski definition) is 6. The van der Waals surface area contributed by atoms with Gasteiger partial charge in [0.1, 0.15) is 11.5 Å². The zero-order valence-corrected chi connectivity index (χ0v) is 17.6. The van der Waals surface area contributed by atoms with Gasteiger partial charge in [-0.15, -0.1) is 11.3 Å². The summed E-state index contributed by atoms with van der Waals surface area (Å²) in [5.74, 6) is 0.848. The maximum atomic E-state index is 12.6. The first-order chi connectivity index (χ1) is 13.2. The molecule has 0 fully saturated rings. The molecule has 2 heterocycles. The third-order valence-electron chi connectivity index (χ3n) is 4.40. The smallest absolute Gasteiger partial charge is 0.251 e. The Balaban J connectivity index is 1.76. The highest BCUT2D eigenvalue weighted by Crippen LogP contribution is 2.24. The van der Waals surface area contributed by atoms with Crippen LogP contribution in [0.1, 0.15) is 32.3 Å². The van der Waals surface area contributed by atoms with Crippen LogP contribution in [0.3, 0.4) is 0 Å². The lowest BCUT2D eigenvalue weighted by atomic mass is 10.1. The number of sulfonamides is 1. The van der Waals surface area contributed by atoms with Crippen LogP contribution in [0.5, 0.6) is 0 Å². The highest BCUT2D eigenvalue weighted by Gasteiger charge is 2.19. The summed E-state index contributed by atoms with van der Waals surface area (Å²) in [5.41, 5.74) is 2.37. The Morgan fingerprint density at radius 1 is 1.21 bits per heavy atom. The van der Waals surface area contributed by atoms with Crippen LogP contribution in [0.15, 0.2) is 39.0 Å². The summed E-state index contributed by atoms with van der Waals surface area (Å²) < 4.78 is 32.4. The van der Waals surface area contributed by atoms with Gasteiger partial charge in [-0.2, -0.15) is 0 Å². The van der Waals surface area contributed by atoms with E-state index in [1.807, 2.05) is 18.4 Å². The molecule has 2 N–H and O–H groups in total. The molecule has 0 aliphatic carbocycles. The molecule has 148 valence electrons. The molecule has 9 heteroatoms. The number of furan rings is 1. The minimum Gasteiger partial charge on any atom is -0.458 e. The van der Waals surface area contributed by atoms with E-state index in [1.54, 1.807) is 26.0 Å². The van der Waals surface area contributed by atoms with Crippen molar-refractivity contribution >= 4 is 27.3 Å². The fourth-order valence-corrected chi connectivity index (χ4v) is 4.37. The molecule has 2 aromatic heterocycles. The van der Waals surface area contributed by atoms with Gasteiger partial charge in [-0.1, -0.05) is 0 Å². The normalized spacial score (nSPS) is 11.6. The topological polar surface area (TPSA) is 101 Å². The molecule has 0 aliphatic rings. The molecule has 0 saturated carbocycles. The van der Waals surface area contributed by atoms with Crippen molar-refractivity contribution in [1.82, 2.24) is 15.0 Å². The molecule has 7 nitrogen and oxygen atoms in total. The minimum absolute atomic E-state index is 0.0966. The number of thiazole rings is 1. The number of aryl methyl sites for hydroxylation is 2. The zero-order valence-electron chi connectivity index (χ0n) is 16.0. The quantitative estimate of drug-likeness (QED) is 0.639. The Morgan fingerprint density at radius 3 is 2.61 bits per heavy atom. The van der Waals surface area contributed by atoms with Gasteiger partial charge >= 0.3 is 0 Å². The molecule has 1 amide bonds. The minimum atomic E-state index is -3.65. The second kappa shape index (κ2) is 7.86. The molecule has 0 unspecified atom stereocenters. The van der Waals surface area contributed by atoms with Gasteiger partial charge in [0.2, 0.25) is 10.0 Å². The lowest BCUT2D eigenvalue weighted by molar-refractivity contribution is 0.0948. The fourth-order valence-electron chi connectivity index (χ4n) is 2.70. The average Bonchev–Trinajstić information content (AvgIpc) is 3.30. The molecular formula is C19H21N3O4S2. The number of benzene rings is 1. The van der Waals surface area contributed by atoms with E-state index in [0.717, 1.165) is 16.3 Å². The first-order valence-electron chi connectivity index (χ1n) is 8.55. The van der Waals surface area contributed by atoms with E-state index in [2.05, 4.69) is 15.0 Å². The standard InChI is InChI=1S/C19H21N3O4S2/c1-11-7-14(8-18(12(11)2)28(24,25)20-4)19(23)21-9-15-5-6-17(26-15)16-10-27-13(3)22-16/h5-8,10,20H,9H2,1-4H3,(H,21,23). The zero-order chi connectivity index (χ0) is 20.5. The van der Waals surface area contributed by atoms with Crippen LogP contribution in [0.2, 0.25) is 0 Å². The summed E-state index contributed by atoms with van der Waals surface area (Å²) in [5, 5.41) is 5.62. The highest BCUT2D eigenvalue weighted by molar-refractivity contribution is 7.89. The molecule has 0 saturated heterocycles. The third-order valence-corrected chi connectivity index (χ3v) is 6.71. The summed E-state index contributed by atoms with van der Waals surface area (Å²) in [6, 6.07) is 6.64. The molecule has 0 aliphatic heterocycles. The van der Waals surface area contributed by atoms with Gasteiger partial charge in [0.25, 0.3) is 5.91 Å². The second-order valence-corrected chi connectivity index (χ2v) is 9.24. The number of hydrogen-bond donors (Lipinski definition) is 2. The Bertz CT molecular complexity index is 1130. The van der Waals surface area contributed by atoms with E-state index in [1.165, 1.54) is 24.5 Å². The number of aromatic nitrogens is 1. The Hall–Kier alpha value is -2.49. The van der Waals surface area contributed by atoms with Crippen LogP contribution in [0.4, 0.5) is 0 Å². The Labute approximate surface area is 167 Å². The van der Waals surface area contributed by atoms with Crippen molar-refractivity contribution in [3.05, 3.63) is 57.1 Å². The van der Waals surface area contributed by atoms with Crippen molar-refractivity contribution in [3.8, 4) is 11.5 Å². The van der Waals surface area contributed by atoms with Crippen molar-refractivity contribution in [2.75, 3.05) is 7.05 Å². The van der Waals surface area contributed by atoms with E-state index >= 15 is 0 Å². The fraction of sp³-hybridized carbons (Fsp3) is 0.263. The van der Waals surface area contributed by atoms with E-state index < -0.39 is 10.0 Å². The number of carbonyl (C=O) groups excluding carboxylic acids is 1. The monoisotopic (exact) mass is 419 g/mol. The van der Waals surface area contributed by atoms with E-state index in [9.17, 15) is 13.2 Å². The second-order valence-electron chi connectivity index (χ2n) is 6.32. The van der Waals surface area contributed by atoms with Crippen LogP contribution in [-0.4, -0.2) is 26.4 Å². The van der Waals surface area contributed by atoms with Gasteiger partial charge in [0.05, 0.1) is 16.4 Å². The summed E-state index contributed by atoms with van der Waals surface area (Å²) in [6.45, 7) is 5.59. The van der Waals surface area contributed by atoms with Crippen LogP contribution >= 0.6 is 11.3 Å². The van der Waals surface area contributed by atoms with E-state index in [-0.39, 0.29) is 22.9 Å². The molecule has 0 bridgehead atoms. The van der Waals surface area contributed by atoms with Crippen molar-refractivity contribution in [3.63, 3.8) is 0 Å². The molecule has 0 atom stereocenters. The molecule has 28 heavy (non-hydrogen) atoms. The number of carbonyl (C=O) groups is 1. The lowest BCUT2D eigenvalue weighted by Crippen LogP contribution is -2.25. The molecule has 1 aromatic carbocycles. The SMILES string of the molecule is CNS(=O)(=O)c1cc(C(=O)NCc2ccc(-c3csc(C)n3)o2)cc(C)c1C. The van der Waals surface area contributed by atoms with Crippen LogP contribution < -0.4 is 10.0 Å². The van der Waals surface area contributed by atoms with Gasteiger partial charge in [-0.3, -0.25) is 4.79 Å². The van der Waals surface area contributed by atoms with Crippen molar-refractivity contribution in [2.24, 2.45) is 0 Å². The number of amides is 1. The molecule has 3 rings (SSSR count). The molecular weight excluding hydrogens is 398 g/mol. The number of rotatable bonds is 6. The first kappa shape index (κ1) is 20.2. The van der Waals surface area contributed by atoms with Crippen molar-refractivity contribution < 1.29 is 17.6 Å². The van der Waals surface area contributed by atoms with Gasteiger partial charge in [0, 0.05) is 10.9 Å². The summed E-state index contributed by atoms with van der Waals surface area (Å²) in [6.07, 6.45) is 0. The first-order valence-corrected chi connectivity index (χ1v) is 10.9. The van der Waals surface area contributed by atoms with Crippen LogP contribution in [0, 0.1) is 20.8 Å². The molecule has 0 radical (unpaired) electrons. The summed E-state index contributed by atoms with van der Waals surface area (Å²) in [7, 11) is -2.31. The van der Waals surface area contributed by atoms with Crippen LogP contribution in [0.25, 0.3) is 11.5 Å². The van der Waals surface area contributed by atoms with E-state index in [4.69, 9.17) is 4.42 Å². The number of nitrogens with one attached hydrogen (secondary N) is 2. The van der Waals surface area contributed by atoms with Gasteiger partial charge < -0.3 is 9.73 Å². The van der Waals surface area contributed by atoms with Gasteiger partial charge in [0.15, 0.2) is 5.76 Å². The lowest BCUT2D eigenvalue weighted by Gasteiger charge is -2.12. The predicted molar refractivity (Wildman–Crippen MR) is 108 cm³/mol. The summed E-state index contributed by atoms with van der Waals surface area (Å²) in [4.78, 5) is 17.0. The van der Waals surface area contributed by atoms with Crippen molar-refractivity contribution in [2.45, 2.75) is 32.2 Å². The average molecular weight is 420 g/mol. The highest BCUT2D eigenvalue weighted by atomic mass is 32.2. The molecule has 0 spiro atoms. The molecule has 3 aromatic rings. The summed E-state index contributed by atoms with van der Waals surface area (Å²) >= 11 is 1.54. The van der Waals surface area contributed by atoms with Crippen LogP contribution in [-0.2, 0) is 16.6 Å². The maximum absolute atomic E-state index is 12.6. The Kier molecular flexibility index (Phi) is 5.69.